The summed E-state index contributed by atoms with van der Waals surface area (Å²) in [6.07, 6.45) is 8.22. The third kappa shape index (κ3) is 7.94. The van der Waals surface area contributed by atoms with Crippen LogP contribution in [0.25, 0.3) is 5.70 Å². The summed E-state index contributed by atoms with van der Waals surface area (Å²) < 4.78 is 7.54. The Hall–Kier alpha value is -4.34. The number of nitrogens with two attached hydrogens (primary N) is 1. The fourth-order valence-electron chi connectivity index (χ4n) is 7.65. The lowest BCUT2D eigenvalue weighted by molar-refractivity contribution is 0.0739. The second kappa shape index (κ2) is 15.9. The largest absolute Gasteiger partial charge is 0.495 e. The molecule has 264 valence electrons. The molecule has 4 N–H and O–H groups in total. The number of imidazole rings is 1. The topological polar surface area (TPSA) is 140 Å². The number of methoxy groups -OCH3 is 1. The van der Waals surface area contributed by atoms with Gasteiger partial charge in [0.05, 0.1) is 24.5 Å². The van der Waals surface area contributed by atoms with E-state index >= 15 is 0 Å². The Morgan fingerprint density at radius 3 is 2.49 bits per heavy atom. The molecule has 0 spiro atoms. The highest BCUT2D eigenvalue weighted by Crippen LogP contribution is 2.38. The number of amidine groups is 1. The van der Waals surface area contributed by atoms with Gasteiger partial charge in [-0.05, 0) is 83.2 Å². The van der Waals surface area contributed by atoms with Gasteiger partial charge in [-0.15, -0.1) is 0 Å². The van der Waals surface area contributed by atoms with Crippen molar-refractivity contribution in [1.82, 2.24) is 29.6 Å². The third-order valence-electron chi connectivity index (χ3n) is 9.94. The standard InChI is InChI=1S/C37H54N10O2/c1-8-32-35-31(20-38)40-23-46(35)33(21-39)36(47(32)25(4)5)42-26(6)41-30-10-9-27(19-34(30)49-7)37(48)43-28-11-17-45(18-12-28)29-13-15-44(16-14-29)22-24(2)3/h9-10,19,21,23-25,28-29,32,41H,6,8,11-18,22,39H2,1-5,7H3,(H,43,48)/b33-21+,42-36?/t32-/m1/s1. The second-order valence-corrected chi connectivity index (χ2v) is 14.1. The maximum Gasteiger partial charge on any atom is 0.251 e. The molecule has 1 amide bonds. The number of amides is 1. The molecule has 0 aliphatic carbocycles. The van der Waals surface area contributed by atoms with Crippen LogP contribution in [0.4, 0.5) is 5.69 Å². The van der Waals surface area contributed by atoms with E-state index in [9.17, 15) is 10.1 Å². The Labute approximate surface area is 291 Å². The minimum absolute atomic E-state index is 0.0500. The number of carbonyl (C=O) groups excluding carboxylic acids is 1. The molecule has 12 heteroatoms. The zero-order valence-corrected chi connectivity index (χ0v) is 30.1. The first kappa shape index (κ1) is 36.0. The highest BCUT2D eigenvalue weighted by molar-refractivity contribution is 6.18. The van der Waals surface area contributed by atoms with E-state index in [2.05, 4.69) is 77.6 Å². The van der Waals surface area contributed by atoms with Crippen molar-refractivity contribution in [2.75, 3.05) is 45.2 Å². The van der Waals surface area contributed by atoms with Crippen molar-refractivity contribution in [1.29, 1.82) is 5.26 Å². The normalized spacial score (nSPS) is 21.3. The van der Waals surface area contributed by atoms with E-state index in [1.807, 2.05) is 10.6 Å². The van der Waals surface area contributed by atoms with Gasteiger partial charge in [0, 0.05) is 49.5 Å². The van der Waals surface area contributed by atoms with E-state index in [-0.39, 0.29) is 24.0 Å². The summed E-state index contributed by atoms with van der Waals surface area (Å²) in [5.74, 6) is 2.11. The molecule has 0 radical (unpaired) electrons. The fourth-order valence-corrected chi connectivity index (χ4v) is 7.65. The number of fused-ring (bicyclic) bond motifs is 1. The molecule has 1 atom stereocenters. The van der Waals surface area contributed by atoms with Crippen molar-refractivity contribution in [3.05, 3.63) is 60.1 Å². The zero-order valence-electron chi connectivity index (χ0n) is 30.1. The Kier molecular flexibility index (Phi) is 11.7. The molecule has 4 heterocycles. The van der Waals surface area contributed by atoms with Gasteiger partial charge in [-0.3, -0.25) is 9.36 Å². The maximum atomic E-state index is 13.3. The number of ether oxygens (including phenoxy) is 1. The van der Waals surface area contributed by atoms with Crippen LogP contribution in [0, 0.1) is 17.2 Å². The van der Waals surface area contributed by atoms with Crippen LogP contribution in [0.5, 0.6) is 5.75 Å². The number of aliphatic imine (C=N–C) groups is 1. The number of anilines is 1. The molecule has 1 aromatic heterocycles. The number of nitrogens with zero attached hydrogens (tertiary/aromatic N) is 7. The van der Waals surface area contributed by atoms with Crippen molar-refractivity contribution in [2.24, 2.45) is 16.6 Å². The molecule has 49 heavy (non-hydrogen) atoms. The monoisotopic (exact) mass is 670 g/mol. The molecule has 5 rings (SSSR count). The van der Waals surface area contributed by atoms with E-state index in [0.29, 0.717) is 52.0 Å². The Morgan fingerprint density at radius 1 is 1.18 bits per heavy atom. The number of rotatable bonds is 11. The first-order valence-electron chi connectivity index (χ1n) is 17.8. The maximum absolute atomic E-state index is 13.3. The number of nitrogens with one attached hydrogen (secondary N) is 2. The minimum Gasteiger partial charge on any atom is -0.495 e. The molecule has 2 aromatic rings. The molecule has 0 saturated carbocycles. The molecule has 2 fully saturated rings. The summed E-state index contributed by atoms with van der Waals surface area (Å²) in [5, 5.41) is 16.3. The molecular formula is C37H54N10O2. The summed E-state index contributed by atoms with van der Waals surface area (Å²) in [7, 11) is 1.58. The predicted octanol–water partition coefficient (Wildman–Crippen LogP) is 4.99. The molecule has 1 aromatic carbocycles. The number of aromatic nitrogens is 2. The van der Waals surface area contributed by atoms with Gasteiger partial charge in [-0.1, -0.05) is 27.4 Å². The average molecular weight is 671 g/mol. The number of hydrogen-bond acceptors (Lipinski definition) is 9. The molecular weight excluding hydrogens is 616 g/mol. The van der Waals surface area contributed by atoms with Crippen molar-refractivity contribution in [2.45, 2.75) is 90.9 Å². The van der Waals surface area contributed by atoms with Gasteiger partial charge in [-0.25, -0.2) is 9.98 Å². The lowest BCUT2D eigenvalue weighted by Crippen LogP contribution is -2.51. The Bertz CT molecular complexity index is 1590. The Balaban J connectivity index is 1.22. The van der Waals surface area contributed by atoms with E-state index in [1.54, 1.807) is 25.6 Å². The summed E-state index contributed by atoms with van der Waals surface area (Å²) in [4.78, 5) is 30.0. The van der Waals surface area contributed by atoms with Crippen LogP contribution >= 0.6 is 0 Å². The molecule has 3 aliphatic heterocycles. The van der Waals surface area contributed by atoms with Crippen LogP contribution in [0.3, 0.4) is 0 Å². The summed E-state index contributed by atoms with van der Waals surface area (Å²) in [6.45, 7) is 20.6. The van der Waals surface area contributed by atoms with E-state index < -0.39 is 0 Å². The summed E-state index contributed by atoms with van der Waals surface area (Å²) >= 11 is 0. The molecule has 3 aliphatic rings. The zero-order chi connectivity index (χ0) is 35.2. The van der Waals surface area contributed by atoms with Crippen LogP contribution in [0.2, 0.25) is 0 Å². The fraction of sp³-hybridized carbons (Fsp3) is 0.568. The van der Waals surface area contributed by atoms with Gasteiger partial charge in [0.25, 0.3) is 5.91 Å². The lowest BCUT2D eigenvalue weighted by atomic mass is 9.97. The predicted molar refractivity (Wildman–Crippen MR) is 195 cm³/mol. The molecule has 2 saturated heterocycles. The smallest absolute Gasteiger partial charge is 0.251 e. The highest BCUT2D eigenvalue weighted by atomic mass is 16.5. The van der Waals surface area contributed by atoms with Crippen LogP contribution in [-0.2, 0) is 0 Å². The van der Waals surface area contributed by atoms with Crippen LogP contribution in [0.1, 0.15) is 94.5 Å². The quantitative estimate of drug-likeness (QED) is 0.302. The van der Waals surface area contributed by atoms with E-state index in [4.69, 9.17) is 15.5 Å². The van der Waals surface area contributed by atoms with Crippen molar-refractivity contribution >= 4 is 23.1 Å². The van der Waals surface area contributed by atoms with Crippen molar-refractivity contribution < 1.29 is 9.53 Å². The first-order valence-corrected chi connectivity index (χ1v) is 17.8. The average Bonchev–Trinajstić information content (AvgIpc) is 3.52. The van der Waals surface area contributed by atoms with E-state index in [1.165, 1.54) is 38.7 Å². The SMILES string of the molecule is C=C(N=C1/C(=C\N)n2cnc(C#N)c2[C@@H](CC)N1C(C)C)Nc1ccc(C(=O)NC2CCN(C3CCN(CC(C)C)CC3)CC2)cc1OC. The number of piperidine rings is 2. The van der Waals surface area contributed by atoms with Gasteiger partial charge in [0.15, 0.2) is 11.5 Å². The van der Waals surface area contributed by atoms with Gasteiger partial charge < -0.3 is 35.8 Å². The van der Waals surface area contributed by atoms with Gasteiger partial charge in [0.1, 0.15) is 29.7 Å². The second-order valence-electron chi connectivity index (χ2n) is 14.1. The van der Waals surface area contributed by atoms with Crippen molar-refractivity contribution in [3.63, 3.8) is 0 Å². The number of nitriles is 1. The summed E-state index contributed by atoms with van der Waals surface area (Å²) in [6, 6.07) is 8.31. The van der Waals surface area contributed by atoms with Crippen molar-refractivity contribution in [3.8, 4) is 11.8 Å². The first-order chi connectivity index (χ1) is 23.6. The molecule has 0 bridgehead atoms. The van der Waals surface area contributed by atoms with Gasteiger partial charge in [0.2, 0.25) is 0 Å². The molecule has 12 nitrogen and oxygen atoms in total. The van der Waals surface area contributed by atoms with Gasteiger partial charge >= 0.3 is 0 Å². The van der Waals surface area contributed by atoms with Crippen LogP contribution in [-0.4, -0.2) is 94.0 Å². The van der Waals surface area contributed by atoms with Gasteiger partial charge in [-0.2, -0.15) is 5.26 Å². The van der Waals surface area contributed by atoms with Crippen LogP contribution in [0.15, 0.2) is 48.1 Å². The highest BCUT2D eigenvalue weighted by Gasteiger charge is 2.38. The van der Waals surface area contributed by atoms with Crippen LogP contribution < -0.4 is 21.1 Å². The lowest BCUT2D eigenvalue weighted by Gasteiger charge is -2.42. The number of hydrogen-bond donors (Lipinski definition) is 3. The number of likely N-dealkylation sites (tertiary alicyclic amines) is 2. The number of carbonyl (C=O) groups is 1. The minimum atomic E-state index is -0.125. The Morgan fingerprint density at radius 2 is 1.90 bits per heavy atom. The molecule has 0 unspecified atom stereocenters. The summed E-state index contributed by atoms with van der Waals surface area (Å²) in [5.41, 5.74) is 9.10. The van der Waals surface area contributed by atoms with E-state index in [0.717, 1.165) is 38.0 Å². The third-order valence-corrected chi connectivity index (χ3v) is 9.94. The number of benzene rings is 1.